The fourth-order valence-electron chi connectivity index (χ4n) is 3.32. The smallest absolute Gasteiger partial charge is 0.132 e. The lowest BCUT2D eigenvalue weighted by molar-refractivity contribution is 0.313. The van der Waals surface area contributed by atoms with E-state index in [1.807, 2.05) is 81.1 Å². The van der Waals surface area contributed by atoms with Crippen molar-refractivity contribution in [3.63, 3.8) is 0 Å². The molecule has 2 heterocycles. The number of rotatable bonds is 10. The largest absolute Gasteiger partial charge is 0.302 e. The molecule has 0 saturated carbocycles. The van der Waals surface area contributed by atoms with Gasteiger partial charge in [0.05, 0.1) is 0 Å². The van der Waals surface area contributed by atoms with Crippen LogP contribution in [0.5, 0.6) is 0 Å². The summed E-state index contributed by atoms with van der Waals surface area (Å²) in [6, 6.07) is 17.6. The Bertz CT molecular complexity index is 801. The standard InChI is InChI=1S/C24H29FN4/c1-28(16-12-22-10-3-5-14-26-22)18-20-8-7-9-21(24(20)25)19-29(2)17-13-23-11-4-6-15-27-23/h3-11,14-15H,12-13,16-19H2,1-2H3. The van der Waals surface area contributed by atoms with Gasteiger partial charge in [-0.2, -0.15) is 0 Å². The summed E-state index contributed by atoms with van der Waals surface area (Å²) in [5.41, 5.74) is 3.60. The van der Waals surface area contributed by atoms with Crippen molar-refractivity contribution in [2.75, 3.05) is 27.2 Å². The lowest BCUT2D eigenvalue weighted by atomic mass is 10.1. The van der Waals surface area contributed by atoms with E-state index in [4.69, 9.17) is 0 Å². The molecule has 0 aliphatic heterocycles. The first-order valence-electron chi connectivity index (χ1n) is 10.0. The minimum atomic E-state index is -0.0955. The molecule has 4 nitrogen and oxygen atoms in total. The Morgan fingerprint density at radius 3 is 1.59 bits per heavy atom. The van der Waals surface area contributed by atoms with Crippen LogP contribution in [0.1, 0.15) is 22.5 Å². The molecule has 0 aliphatic rings. The molecule has 3 aromatic rings. The second kappa shape index (κ2) is 10.8. The molecule has 5 heteroatoms. The average Bonchev–Trinajstić information content (AvgIpc) is 2.75. The van der Waals surface area contributed by atoms with E-state index in [-0.39, 0.29) is 5.82 Å². The van der Waals surface area contributed by atoms with Crippen LogP contribution >= 0.6 is 0 Å². The molecular weight excluding hydrogens is 363 g/mol. The second-order valence-electron chi connectivity index (χ2n) is 7.51. The number of likely N-dealkylation sites (N-methyl/N-ethyl adjacent to an activating group) is 2. The van der Waals surface area contributed by atoms with Gasteiger partial charge in [0.1, 0.15) is 5.82 Å². The van der Waals surface area contributed by atoms with Gasteiger partial charge in [0.2, 0.25) is 0 Å². The number of nitrogens with zero attached hydrogens (tertiary/aromatic N) is 4. The number of halogens is 1. The predicted molar refractivity (Wildman–Crippen MR) is 115 cm³/mol. The summed E-state index contributed by atoms with van der Waals surface area (Å²) in [5.74, 6) is -0.0955. The normalized spacial score (nSPS) is 11.3. The SMILES string of the molecule is CN(CCc1ccccn1)Cc1cccc(CN(C)CCc2ccccn2)c1F. The van der Waals surface area contributed by atoms with Crippen LogP contribution in [0.25, 0.3) is 0 Å². The monoisotopic (exact) mass is 392 g/mol. The number of pyridine rings is 2. The molecule has 0 atom stereocenters. The highest BCUT2D eigenvalue weighted by Gasteiger charge is 2.12. The number of hydrogen-bond acceptors (Lipinski definition) is 4. The maximum absolute atomic E-state index is 15.0. The van der Waals surface area contributed by atoms with Crippen molar-refractivity contribution in [1.82, 2.24) is 19.8 Å². The van der Waals surface area contributed by atoms with Crippen LogP contribution in [0.15, 0.2) is 67.0 Å². The maximum atomic E-state index is 15.0. The van der Waals surface area contributed by atoms with Crippen LogP contribution in [0, 0.1) is 5.82 Å². The molecule has 0 N–H and O–H groups in total. The highest BCUT2D eigenvalue weighted by atomic mass is 19.1. The van der Waals surface area contributed by atoms with Crippen LogP contribution in [-0.2, 0) is 25.9 Å². The summed E-state index contributed by atoms with van der Waals surface area (Å²) in [6.07, 6.45) is 5.33. The molecule has 2 aromatic heterocycles. The van der Waals surface area contributed by atoms with Gasteiger partial charge in [-0.25, -0.2) is 4.39 Å². The fourth-order valence-corrected chi connectivity index (χ4v) is 3.32. The quantitative estimate of drug-likeness (QED) is 0.523. The van der Waals surface area contributed by atoms with Crippen molar-refractivity contribution >= 4 is 0 Å². The molecule has 0 fully saturated rings. The van der Waals surface area contributed by atoms with Gasteiger partial charge in [0.15, 0.2) is 0 Å². The first kappa shape index (κ1) is 21.1. The van der Waals surface area contributed by atoms with Gasteiger partial charge >= 0.3 is 0 Å². The van der Waals surface area contributed by atoms with Crippen molar-refractivity contribution < 1.29 is 4.39 Å². The van der Waals surface area contributed by atoms with Crippen LogP contribution < -0.4 is 0 Å². The molecule has 0 amide bonds. The average molecular weight is 393 g/mol. The minimum absolute atomic E-state index is 0.0955. The summed E-state index contributed by atoms with van der Waals surface area (Å²) in [4.78, 5) is 13.0. The Kier molecular flexibility index (Phi) is 7.85. The zero-order chi connectivity index (χ0) is 20.5. The summed E-state index contributed by atoms with van der Waals surface area (Å²) in [6.45, 7) is 2.85. The molecule has 0 radical (unpaired) electrons. The van der Waals surface area contributed by atoms with Gasteiger partial charge in [-0.3, -0.25) is 9.97 Å². The van der Waals surface area contributed by atoms with Crippen LogP contribution in [0.3, 0.4) is 0 Å². The first-order chi connectivity index (χ1) is 14.1. The van der Waals surface area contributed by atoms with E-state index < -0.39 is 0 Å². The van der Waals surface area contributed by atoms with E-state index in [0.717, 1.165) is 48.4 Å². The van der Waals surface area contributed by atoms with E-state index in [1.54, 1.807) is 0 Å². The molecule has 0 bridgehead atoms. The predicted octanol–water partition coefficient (Wildman–Crippen LogP) is 3.96. The topological polar surface area (TPSA) is 32.3 Å². The Morgan fingerprint density at radius 1 is 0.690 bits per heavy atom. The zero-order valence-electron chi connectivity index (χ0n) is 17.3. The Hall–Kier alpha value is -2.63. The Labute approximate surface area is 173 Å². The lowest BCUT2D eigenvalue weighted by Gasteiger charge is -2.20. The minimum Gasteiger partial charge on any atom is -0.302 e. The second-order valence-corrected chi connectivity index (χ2v) is 7.51. The van der Waals surface area contributed by atoms with Gasteiger partial charge in [-0.1, -0.05) is 30.3 Å². The Balaban J connectivity index is 1.52. The molecule has 0 aliphatic carbocycles. The van der Waals surface area contributed by atoms with Crippen molar-refractivity contribution in [3.05, 3.63) is 95.3 Å². The van der Waals surface area contributed by atoms with E-state index in [0.29, 0.717) is 13.1 Å². The number of aromatic nitrogens is 2. The third kappa shape index (κ3) is 6.73. The van der Waals surface area contributed by atoms with Gasteiger partial charge in [0.25, 0.3) is 0 Å². The molecule has 0 spiro atoms. The van der Waals surface area contributed by atoms with Gasteiger partial charge < -0.3 is 9.80 Å². The van der Waals surface area contributed by atoms with Crippen molar-refractivity contribution in [1.29, 1.82) is 0 Å². The highest BCUT2D eigenvalue weighted by Crippen LogP contribution is 2.16. The summed E-state index contributed by atoms with van der Waals surface area (Å²) >= 11 is 0. The molecule has 0 unspecified atom stereocenters. The van der Waals surface area contributed by atoms with Crippen LogP contribution in [-0.4, -0.2) is 47.0 Å². The van der Waals surface area contributed by atoms with Crippen molar-refractivity contribution in [3.8, 4) is 0 Å². The van der Waals surface area contributed by atoms with Gasteiger partial charge in [-0.05, 0) is 38.4 Å². The summed E-state index contributed by atoms with van der Waals surface area (Å²) in [5, 5.41) is 0. The third-order valence-corrected chi connectivity index (χ3v) is 4.99. The zero-order valence-corrected chi connectivity index (χ0v) is 17.3. The lowest BCUT2D eigenvalue weighted by Crippen LogP contribution is -2.24. The van der Waals surface area contributed by atoms with Crippen molar-refractivity contribution in [2.24, 2.45) is 0 Å². The molecule has 0 saturated heterocycles. The van der Waals surface area contributed by atoms with Gasteiger partial charge in [-0.15, -0.1) is 0 Å². The number of benzene rings is 1. The number of hydrogen-bond donors (Lipinski definition) is 0. The van der Waals surface area contributed by atoms with Crippen LogP contribution in [0.2, 0.25) is 0 Å². The summed E-state index contributed by atoms with van der Waals surface area (Å²) in [7, 11) is 4.04. The highest BCUT2D eigenvalue weighted by molar-refractivity contribution is 5.26. The maximum Gasteiger partial charge on any atom is 0.132 e. The van der Waals surface area contributed by atoms with E-state index in [9.17, 15) is 0 Å². The molecular formula is C24H29FN4. The molecule has 3 rings (SSSR count). The molecule has 1 aromatic carbocycles. The Morgan fingerprint density at radius 2 is 1.17 bits per heavy atom. The van der Waals surface area contributed by atoms with E-state index in [2.05, 4.69) is 19.8 Å². The molecule has 152 valence electrons. The van der Waals surface area contributed by atoms with E-state index in [1.165, 1.54) is 0 Å². The fraction of sp³-hybridized carbons (Fsp3) is 0.333. The third-order valence-electron chi connectivity index (χ3n) is 4.99. The van der Waals surface area contributed by atoms with Gasteiger partial charge in [0, 0.05) is 73.9 Å². The van der Waals surface area contributed by atoms with Crippen LogP contribution in [0.4, 0.5) is 4.39 Å². The molecule has 29 heavy (non-hydrogen) atoms. The summed E-state index contributed by atoms with van der Waals surface area (Å²) < 4.78 is 15.0. The van der Waals surface area contributed by atoms with E-state index >= 15 is 4.39 Å². The first-order valence-corrected chi connectivity index (χ1v) is 10.0. The van der Waals surface area contributed by atoms with Crippen molar-refractivity contribution in [2.45, 2.75) is 25.9 Å².